The number of hydrogen-bond acceptors (Lipinski definition) is 2. The molecule has 2 aromatic rings. The van der Waals surface area contributed by atoms with Crippen LogP contribution in [0.5, 0.6) is 0 Å². The van der Waals surface area contributed by atoms with Gasteiger partial charge >= 0.3 is 0 Å². The van der Waals surface area contributed by atoms with Gasteiger partial charge in [-0.15, -0.1) is 12.4 Å². The van der Waals surface area contributed by atoms with Crippen molar-refractivity contribution in [3.8, 4) is 11.1 Å². The minimum atomic E-state index is -0.472. The number of nitrogens with one attached hydrogen (secondary N) is 1. The van der Waals surface area contributed by atoms with Gasteiger partial charge in [-0.2, -0.15) is 0 Å². The van der Waals surface area contributed by atoms with E-state index in [1.165, 1.54) is 0 Å². The first-order valence-electron chi connectivity index (χ1n) is 7.13. The van der Waals surface area contributed by atoms with E-state index in [2.05, 4.69) is 5.32 Å². The molecule has 3 N–H and O–H groups in total. The van der Waals surface area contributed by atoms with Crippen LogP contribution in [0.25, 0.3) is 11.1 Å². The molecule has 1 amide bonds. The maximum Gasteiger partial charge on any atom is 0.241 e. The maximum absolute atomic E-state index is 11.9. The summed E-state index contributed by atoms with van der Waals surface area (Å²) in [7, 11) is 0. The molecule has 0 heterocycles. The Morgan fingerprint density at radius 1 is 1.09 bits per heavy atom. The summed E-state index contributed by atoms with van der Waals surface area (Å²) in [6, 6.07) is 12.5. The number of carbonyl (C=O) groups excluding carboxylic acids is 1. The normalized spacial score (nSPS) is 11.5. The van der Waals surface area contributed by atoms with Gasteiger partial charge in [0.1, 0.15) is 0 Å². The van der Waals surface area contributed by atoms with Crippen LogP contribution in [0.2, 0.25) is 10.0 Å². The van der Waals surface area contributed by atoms with Gasteiger partial charge in [-0.1, -0.05) is 54.7 Å². The van der Waals surface area contributed by atoms with Gasteiger partial charge in [0.05, 0.1) is 16.1 Å². The Kier molecular flexibility index (Phi) is 7.86. The van der Waals surface area contributed by atoms with Gasteiger partial charge in [0.25, 0.3) is 0 Å². The predicted octanol–water partition coefficient (Wildman–Crippen LogP) is 5.15. The monoisotopic (exact) mass is 372 g/mol. The third-order valence-corrected chi connectivity index (χ3v) is 4.08. The van der Waals surface area contributed by atoms with Gasteiger partial charge < -0.3 is 11.1 Å². The first kappa shape index (κ1) is 19.8. The van der Waals surface area contributed by atoms with Crippen LogP contribution >= 0.6 is 35.6 Å². The molecule has 1 atom stereocenters. The van der Waals surface area contributed by atoms with Crippen molar-refractivity contribution >= 4 is 47.2 Å². The molecule has 2 aromatic carbocycles. The van der Waals surface area contributed by atoms with Crippen LogP contribution in [0.1, 0.15) is 19.8 Å². The van der Waals surface area contributed by atoms with Crippen LogP contribution in [0, 0.1) is 0 Å². The fraction of sp³-hybridized carbons (Fsp3) is 0.235. The van der Waals surface area contributed by atoms with Gasteiger partial charge in [-0.25, -0.2) is 0 Å². The summed E-state index contributed by atoms with van der Waals surface area (Å²) in [5.74, 6) is -0.163. The average Bonchev–Trinajstić information content (AvgIpc) is 2.51. The summed E-state index contributed by atoms with van der Waals surface area (Å²) in [6.07, 6.45) is 1.55. The molecule has 23 heavy (non-hydrogen) atoms. The lowest BCUT2D eigenvalue weighted by molar-refractivity contribution is -0.117. The summed E-state index contributed by atoms with van der Waals surface area (Å²) >= 11 is 11.9. The molecule has 0 bridgehead atoms. The van der Waals surface area contributed by atoms with Gasteiger partial charge in [-0.3, -0.25) is 4.79 Å². The molecule has 0 saturated heterocycles. The van der Waals surface area contributed by atoms with Crippen LogP contribution in [0.15, 0.2) is 42.5 Å². The third-order valence-electron chi connectivity index (χ3n) is 3.34. The molecule has 2 rings (SSSR count). The van der Waals surface area contributed by atoms with E-state index in [1.807, 2.05) is 43.3 Å². The summed E-state index contributed by atoms with van der Waals surface area (Å²) < 4.78 is 0. The summed E-state index contributed by atoms with van der Waals surface area (Å²) in [5, 5.41) is 3.86. The maximum atomic E-state index is 11.9. The highest BCUT2D eigenvalue weighted by Gasteiger charge is 2.12. The Hall–Kier alpha value is -1.26. The number of amides is 1. The highest BCUT2D eigenvalue weighted by molar-refractivity contribution is 6.42. The standard InChI is InChI=1S/C17H18Cl2N2O.ClH/c1-2-3-16(20)17(22)21-13-7-4-11(5-8-13)12-6-9-14(18)15(19)10-12;/h4-10,16H,2-3,20H2,1H3,(H,21,22);1H/t16-;/m0./s1. The quantitative estimate of drug-likeness (QED) is 0.761. The van der Waals surface area contributed by atoms with E-state index in [0.29, 0.717) is 16.5 Å². The fourth-order valence-corrected chi connectivity index (χ4v) is 2.40. The van der Waals surface area contributed by atoms with Crippen molar-refractivity contribution in [2.75, 3.05) is 5.32 Å². The zero-order valence-corrected chi connectivity index (χ0v) is 15.0. The molecule has 0 aliphatic carbocycles. The van der Waals surface area contributed by atoms with E-state index in [-0.39, 0.29) is 18.3 Å². The van der Waals surface area contributed by atoms with E-state index >= 15 is 0 Å². The largest absolute Gasteiger partial charge is 0.325 e. The second-order valence-corrected chi connectivity index (χ2v) is 5.91. The van der Waals surface area contributed by atoms with Gasteiger partial charge in [0.2, 0.25) is 5.91 Å². The van der Waals surface area contributed by atoms with E-state index in [4.69, 9.17) is 28.9 Å². The Morgan fingerprint density at radius 2 is 1.70 bits per heavy atom. The average molecular weight is 374 g/mol. The molecule has 0 aromatic heterocycles. The van der Waals surface area contributed by atoms with Crippen molar-refractivity contribution in [1.82, 2.24) is 0 Å². The van der Waals surface area contributed by atoms with Crippen molar-refractivity contribution in [2.24, 2.45) is 5.73 Å². The second kappa shape index (κ2) is 9.14. The molecule has 0 aliphatic heterocycles. The van der Waals surface area contributed by atoms with E-state index < -0.39 is 6.04 Å². The van der Waals surface area contributed by atoms with Gasteiger partial charge in [0.15, 0.2) is 0 Å². The summed E-state index contributed by atoms with van der Waals surface area (Å²) in [5.41, 5.74) is 8.47. The molecule has 0 radical (unpaired) electrons. The predicted molar refractivity (Wildman–Crippen MR) is 101 cm³/mol. The third kappa shape index (κ3) is 5.40. The first-order valence-corrected chi connectivity index (χ1v) is 7.88. The molecule has 0 spiro atoms. The minimum absolute atomic E-state index is 0. The summed E-state index contributed by atoms with van der Waals surface area (Å²) in [4.78, 5) is 11.9. The number of rotatable bonds is 5. The number of carbonyl (C=O) groups is 1. The molecule has 0 unspecified atom stereocenters. The second-order valence-electron chi connectivity index (χ2n) is 5.09. The van der Waals surface area contributed by atoms with Crippen LogP contribution in [0.3, 0.4) is 0 Å². The number of halogens is 3. The molecule has 6 heteroatoms. The Labute approximate surface area is 152 Å². The zero-order valence-electron chi connectivity index (χ0n) is 12.7. The van der Waals surface area contributed by atoms with Crippen LogP contribution in [-0.2, 0) is 4.79 Å². The number of anilines is 1. The molecule has 0 fully saturated rings. The lowest BCUT2D eigenvalue weighted by Gasteiger charge is -2.11. The molecule has 3 nitrogen and oxygen atoms in total. The fourth-order valence-electron chi connectivity index (χ4n) is 2.10. The minimum Gasteiger partial charge on any atom is -0.325 e. The van der Waals surface area contributed by atoms with Crippen molar-refractivity contribution in [3.05, 3.63) is 52.5 Å². The number of nitrogens with two attached hydrogens (primary N) is 1. The van der Waals surface area contributed by atoms with Crippen molar-refractivity contribution < 1.29 is 4.79 Å². The van der Waals surface area contributed by atoms with Gasteiger partial charge in [-0.05, 0) is 41.8 Å². The molecular formula is C17H19Cl3N2O. The molecule has 124 valence electrons. The highest BCUT2D eigenvalue weighted by atomic mass is 35.5. The molecule has 0 saturated carbocycles. The zero-order chi connectivity index (χ0) is 16.1. The smallest absolute Gasteiger partial charge is 0.241 e. The van der Waals surface area contributed by atoms with Crippen LogP contribution < -0.4 is 11.1 Å². The van der Waals surface area contributed by atoms with Crippen molar-refractivity contribution in [3.63, 3.8) is 0 Å². The van der Waals surface area contributed by atoms with Crippen LogP contribution in [0.4, 0.5) is 5.69 Å². The highest BCUT2D eigenvalue weighted by Crippen LogP contribution is 2.29. The number of hydrogen-bond donors (Lipinski definition) is 2. The number of benzene rings is 2. The Morgan fingerprint density at radius 3 is 2.26 bits per heavy atom. The van der Waals surface area contributed by atoms with E-state index in [0.717, 1.165) is 23.2 Å². The van der Waals surface area contributed by atoms with Crippen molar-refractivity contribution in [1.29, 1.82) is 0 Å². The van der Waals surface area contributed by atoms with Crippen molar-refractivity contribution in [2.45, 2.75) is 25.8 Å². The first-order chi connectivity index (χ1) is 10.5. The lowest BCUT2D eigenvalue weighted by Crippen LogP contribution is -2.35. The van der Waals surface area contributed by atoms with Gasteiger partial charge in [0, 0.05) is 5.69 Å². The Balaban J connectivity index is 0.00000264. The van der Waals surface area contributed by atoms with E-state index in [1.54, 1.807) is 6.07 Å². The summed E-state index contributed by atoms with van der Waals surface area (Å²) in [6.45, 7) is 2.00. The topological polar surface area (TPSA) is 55.1 Å². The molecule has 0 aliphatic rings. The Bertz CT molecular complexity index is 659. The van der Waals surface area contributed by atoms with E-state index in [9.17, 15) is 4.79 Å². The lowest BCUT2D eigenvalue weighted by atomic mass is 10.1. The molecular weight excluding hydrogens is 355 g/mol. The SMILES string of the molecule is CCC[C@H](N)C(=O)Nc1ccc(-c2ccc(Cl)c(Cl)c2)cc1.Cl. The van der Waals surface area contributed by atoms with Crippen LogP contribution in [-0.4, -0.2) is 11.9 Å².